The van der Waals surface area contributed by atoms with Crippen molar-refractivity contribution in [3.8, 4) is 0 Å². The molecule has 1 aliphatic carbocycles. The van der Waals surface area contributed by atoms with Gasteiger partial charge in [-0.05, 0) is 12.8 Å². The van der Waals surface area contributed by atoms with Crippen LogP contribution in [0.4, 0.5) is 0 Å². The Morgan fingerprint density at radius 3 is 2.72 bits per heavy atom. The Morgan fingerprint density at radius 2 is 2.06 bits per heavy atom. The van der Waals surface area contributed by atoms with E-state index in [0.29, 0.717) is 0 Å². The number of hydrogen-bond donors (Lipinski definition) is 2. The van der Waals surface area contributed by atoms with Crippen molar-refractivity contribution in [2.24, 2.45) is 11.0 Å². The van der Waals surface area contributed by atoms with Crippen LogP contribution < -0.4 is 10.7 Å². The molecule has 18 heavy (non-hydrogen) atoms. The second-order valence-electron chi connectivity index (χ2n) is 4.78. The van der Waals surface area contributed by atoms with Gasteiger partial charge >= 0.3 is 5.97 Å². The van der Waals surface area contributed by atoms with Crippen LogP contribution in [-0.4, -0.2) is 37.3 Å². The van der Waals surface area contributed by atoms with Crippen molar-refractivity contribution in [3.05, 3.63) is 0 Å². The number of rotatable bonds is 3. The van der Waals surface area contributed by atoms with E-state index in [1.807, 2.05) is 0 Å². The zero-order chi connectivity index (χ0) is 13.0. The maximum atomic E-state index is 12.1. The van der Waals surface area contributed by atoms with Gasteiger partial charge in [-0.15, -0.1) is 0 Å². The van der Waals surface area contributed by atoms with Gasteiger partial charge in [0.2, 0.25) is 5.91 Å². The summed E-state index contributed by atoms with van der Waals surface area (Å²) >= 11 is 0. The van der Waals surface area contributed by atoms with Gasteiger partial charge in [0.1, 0.15) is 12.0 Å². The van der Waals surface area contributed by atoms with Crippen molar-refractivity contribution in [2.45, 2.75) is 44.2 Å². The average Bonchev–Trinajstić information content (AvgIpc) is 2.88. The highest BCUT2D eigenvalue weighted by Crippen LogP contribution is 2.18. The molecule has 6 heteroatoms. The van der Waals surface area contributed by atoms with Crippen LogP contribution in [0.15, 0.2) is 5.10 Å². The van der Waals surface area contributed by atoms with Crippen molar-refractivity contribution >= 4 is 18.1 Å². The summed E-state index contributed by atoms with van der Waals surface area (Å²) < 4.78 is 4.65. The number of ether oxygens (including phenoxy) is 1. The molecule has 0 aromatic rings. The monoisotopic (exact) mass is 253 g/mol. The van der Waals surface area contributed by atoms with E-state index in [4.69, 9.17) is 0 Å². The molecular formula is C12H19N3O3. The first-order chi connectivity index (χ1) is 8.72. The smallest absolute Gasteiger partial charge is 0.316 e. The molecule has 6 nitrogen and oxygen atoms in total. The van der Waals surface area contributed by atoms with E-state index in [1.54, 1.807) is 0 Å². The third kappa shape index (κ3) is 2.80. The lowest BCUT2D eigenvalue weighted by Gasteiger charge is -2.25. The molecule has 2 N–H and O–H groups in total. The minimum Gasteiger partial charge on any atom is -0.468 e. The van der Waals surface area contributed by atoms with Gasteiger partial charge in [-0.25, -0.2) is 0 Å². The van der Waals surface area contributed by atoms with Gasteiger partial charge in [0, 0.05) is 12.3 Å². The third-order valence-electron chi connectivity index (χ3n) is 3.52. The second kappa shape index (κ2) is 5.84. The first-order valence-corrected chi connectivity index (χ1v) is 6.39. The number of amides is 1. The maximum absolute atomic E-state index is 12.1. The van der Waals surface area contributed by atoms with Crippen molar-refractivity contribution in [1.29, 1.82) is 0 Å². The molecule has 0 unspecified atom stereocenters. The van der Waals surface area contributed by atoms with E-state index < -0.39 is 17.9 Å². The fraction of sp³-hybridized carbons (Fsp3) is 0.750. The number of nitrogens with one attached hydrogen (secondary N) is 2. The van der Waals surface area contributed by atoms with Crippen LogP contribution in [0.1, 0.15) is 32.1 Å². The molecule has 0 aromatic carbocycles. The van der Waals surface area contributed by atoms with E-state index in [9.17, 15) is 9.59 Å². The molecule has 2 aliphatic rings. The highest BCUT2D eigenvalue weighted by Gasteiger charge is 2.37. The van der Waals surface area contributed by atoms with Crippen molar-refractivity contribution in [2.75, 3.05) is 7.11 Å². The lowest BCUT2D eigenvalue weighted by Crippen LogP contribution is -2.50. The molecule has 2 rings (SSSR count). The van der Waals surface area contributed by atoms with Crippen LogP contribution in [0.2, 0.25) is 0 Å². The van der Waals surface area contributed by atoms with E-state index in [-0.39, 0.29) is 11.9 Å². The number of carbonyl (C=O) groups is 2. The SMILES string of the molecule is COC(=O)[C@@H]1C=NN[C@@H]1C(=O)NC1CCCCC1. The fourth-order valence-electron chi connectivity index (χ4n) is 2.46. The Bertz CT molecular complexity index is 350. The zero-order valence-electron chi connectivity index (χ0n) is 10.5. The van der Waals surface area contributed by atoms with E-state index in [2.05, 4.69) is 20.6 Å². The van der Waals surface area contributed by atoms with Crippen LogP contribution in [-0.2, 0) is 14.3 Å². The van der Waals surface area contributed by atoms with Gasteiger partial charge in [0.15, 0.2) is 0 Å². The minimum atomic E-state index is -0.639. The molecular weight excluding hydrogens is 234 g/mol. The van der Waals surface area contributed by atoms with Crippen LogP contribution in [0.25, 0.3) is 0 Å². The fourth-order valence-corrected chi connectivity index (χ4v) is 2.46. The van der Waals surface area contributed by atoms with Gasteiger partial charge < -0.3 is 10.1 Å². The number of methoxy groups -OCH3 is 1. The Hall–Kier alpha value is -1.59. The topological polar surface area (TPSA) is 79.8 Å². The first-order valence-electron chi connectivity index (χ1n) is 6.39. The summed E-state index contributed by atoms with van der Waals surface area (Å²) in [5, 5.41) is 6.77. The number of hydrogen-bond acceptors (Lipinski definition) is 5. The summed E-state index contributed by atoms with van der Waals surface area (Å²) in [5.74, 6) is -1.24. The number of nitrogens with zero attached hydrogens (tertiary/aromatic N) is 1. The summed E-state index contributed by atoms with van der Waals surface area (Å²) in [6.45, 7) is 0. The lowest BCUT2D eigenvalue weighted by molar-refractivity contribution is -0.145. The Morgan fingerprint density at radius 1 is 1.33 bits per heavy atom. The number of carbonyl (C=O) groups excluding carboxylic acids is 2. The molecule has 0 bridgehead atoms. The Balaban J connectivity index is 1.90. The predicted octanol–water partition coefficient (Wildman–Crippen LogP) is 0.182. The normalized spacial score (nSPS) is 27.6. The zero-order valence-corrected chi connectivity index (χ0v) is 10.5. The predicted molar refractivity (Wildman–Crippen MR) is 65.9 cm³/mol. The second-order valence-corrected chi connectivity index (χ2v) is 4.78. The lowest BCUT2D eigenvalue weighted by atomic mass is 9.94. The minimum absolute atomic E-state index is 0.171. The van der Waals surface area contributed by atoms with Crippen LogP contribution in [0, 0.1) is 5.92 Å². The van der Waals surface area contributed by atoms with Gasteiger partial charge in [-0.3, -0.25) is 15.0 Å². The molecule has 0 spiro atoms. The molecule has 2 atom stereocenters. The van der Waals surface area contributed by atoms with Crippen molar-refractivity contribution in [3.63, 3.8) is 0 Å². The Kier molecular flexibility index (Phi) is 4.17. The summed E-state index contributed by atoms with van der Waals surface area (Å²) in [6, 6.07) is -0.411. The molecule has 100 valence electrons. The molecule has 1 heterocycles. The van der Waals surface area contributed by atoms with E-state index >= 15 is 0 Å². The largest absolute Gasteiger partial charge is 0.468 e. The molecule has 1 saturated carbocycles. The van der Waals surface area contributed by atoms with Gasteiger partial charge in [-0.1, -0.05) is 19.3 Å². The summed E-state index contributed by atoms with van der Waals surface area (Å²) in [4.78, 5) is 23.6. The van der Waals surface area contributed by atoms with Gasteiger partial charge in [0.05, 0.1) is 7.11 Å². The van der Waals surface area contributed by atoms with Crippen LogP contribution in [0.5, 0.6) is 0 Å². The number of esters is 1. The summed E-state index contributed by atoms with van der Waals surface area (Å²) in [6.07, 6.45) is 7.00. The van der Waals surface area contributed by atoms with Crippen LogP contribution in [0.3, 0.4) is 0 Å². The van der Waals surface area contributed by atoms with Crippen molar-refractivity contribution in [1.82, 2.24) is 10.7 Å². The summed E-state index contributed by atoms with van der Waals surface area (Å²) in [5.41, 5.74) is 2.67. The standard InChI is InChI=1S/C12H19N3O3/c1-18-12(17)9-7-13-15-10(9)11(16)14-8-5-3-2-4-6-8/h7-10,15H,2-6H2,1H3,(H,14,16)/t9-,10+/m1/s1. The van der Waals surface area contributed by atoms with Crippen LogP contribution >= 0.6 is 0 Å². The average molecular weight is 253 g/mol. The van der Waals surface area contributed by atoms with Gasteiger partial charge in [-0.2, -0.15) is 5.10 Å². The molecule has 0 aromatic heterocycles. The van der Waals surface area contributed by atoms with Crippen molar-refractivity contribution < 1.29 is 14.3 Å². The molecule has 1 aliphatic heterocycles. The number of hydrazone groups is 1. The third-order valence-corrected chi connectivity index (χ3v) is 3.52. The van der Waals surface area contributed by atoms with Gasteiger partial charge in [0.25, 0.3) is 0 Å². The van der Waals surface area contributed by atoms with E-state index in [0.717, 1.165) is 25.7 Å². The molecule has 0 radical (unpaired) electrons. The quantitative estimate of drug-likeness (QED) is 0.703. The summed E-state index contributed by atoms with van der Waals surface area (Å²) in [7, 11) is 1.31. The molecule has 1 amide bonds. The maximum Gasteiger partial charge on any atom is 0.316 e. The molecule has 1 fully saturated rings. The highest BCUT2D eigenvalue weighted by atomic mass is 16.5. The Labute approximate surface area is 106 Å². The molecule has 0 saturated heterocycles. The first kappa shape index (κ1) is 12.9. The van der Waals surface area contributed by atoms with E-state index in [1.165, 1.54) is 19.7 Å². The highest BCUT2D eigenvalue weighted by molar-refractivity contribution is 5.99.